The van der Waals surface area contributed by atoms with Crippen LogP contribution in [-0.2, 0) is 83.0 Å². The number of aliphatic hydroxyl groups is 1. The maximum atomic E-state index is 14.8. The Morgan fingerprint density at radius 2 is 1.25 bits per heavy atom. The smallest absolute Gasteiger partial charge is 0.326 e. The van der Waals surface area contributed by atoms with Gasteiger partial charge in [0.05, 0.1) is 60.1 Å². The van der Waals surface area contributed by atoms with Gasteiger partial charge in [-0.3, -0.25) is 62.4 Å². The molecule has 2 aliphatic heterocycles. The number of hydrogen-bond acceptors (Lipinski definition) is 20. The SMILES string of the molecule is CC[C@H](C)[C@@H]([C@@H](CC(=O)N1CCC[C@H]1[C@H](OC)[C@@H](C)C(=O)N[C@H](C)[C@@H](O)c1ccccc1)OC)N(C)C(=O)[C@@H](NC(=O)[C@H](C(C)C)N(C)C(=O)CCCCCN1C(=O)CC(SC[C@H](N)C(=O)NCCCCCC(=O)NCC2CCC(C(=O)N[C@@H](Cc3ccc4ccccc4c3)C(=O)NCCCC[C@H](NC(=O)N[C@@H](CCC(=O)O)C(=O)O)C(=O)O)CC2)C1=O)C(C)C. The molecule has 34 nitrogen and oxygen atoms in total. The Morgan fingerprint density at radius 1 is 0.627 bits per heavy atom. The van der Waals surface area contributed by atoms with Gasteiger partial charge in [-0.15, -0.1) is 11.8 Å². The third-order valence-corrected chi connectivity index (χ3v) is 25.9. The van der Waals surface area contributed by atoms with Crippen molar-refractivity contribution >= 4 is 111 Å². The fourth-order valence-electron chi connectivity index (χ4n) is 16.9. The van der Waals surface area contributed by atoms with Crippen molar-refractivity contribution in [1.82, 2.24) is 62.1 Å². The number of amides is 13. The van der Waals surface area contributed by atoms with Gasteiger partial charge in [-0.05, 0) is 142 Å². The number of nitrogens with zero attached hydrogens (tertiary/aromatic N) is 4. The van der Waals surface area contributed by atoms with Crippen molar-refractivity contribution in [3.63, 3.8) is 0 Å². The minimum Gasteiger partial charge on any atom is -0.481 e. The molecule has 3 aliphatic rings. The van der Waals surface area contributed by atoms with Gasteiger partial charge in [0.1, 0.15) is 30.2 Å². The lowest BCUT2D eigenvalue weighted by molar-refractivity contribution is -0.148. The molecule has 2 saturated heterocycles. The van der Waals surface area contributed by atoms with Crippen molar-refractivity contribution in [2.45, 2.75) is 281 Å². The van der Waals surface area contributed by atoms with Crippen molar-refractivity contribution in [3.05, 3.63) is 83.9 Å². The summed E-state index contributed by atoms with van der Waals surface area (Å²) in [5.74, 6) is -9.63. The highest BCUT2D eigenvalue weighted by atomic mass is 32.2. The molecule has 6 rings (SSSR count). The van der Waals surface area contributed by atoms with Gasteiger partial charge >= 0.3 is 23.9 Å². The highest BCUT2D eigenvalue weighted by Gasteiger charge is 2.45. The summed E-state index contributed by atoms with van der Waals surface area (Å²) in [7, 11) is 6.23. The topological polar surface area (TPSA) is 491 Å². The summed E-state index contributed by atoms with van der Waals surface area (Å²) in [6.45, 7) is 16.2. The van der Waals surface area contributed by atoms with Gasteiger partial charge in [-0.25, -0.2) is 14.4 Å². The first-order chi connectivity index (χ1) is 59.9. The van der Waals surface area contributed by atoms with E-state index >= 15 is 0 Å². The molecule has 15 atom stereocenters. The molecule has 126 heavy (non-hydrogen) atoms. The number of hydrogen-bond donors (Lipinski definition) is 13. The fourth-order valence-corrected chi connectivity index (χ4v) is 18.0. The Labute approximate surface area is 744 Å². The van der Waals surface area contributed by atoms with Crippen LogP contribution in [-0.4, -0.2) is 268 Å². The molecule has 1 aliphatic carbocycles. The zero-order valence-electron chi connectivity index (χ0n) is 75.4. The van der Waals surface area contributed by atoms with E-state index in [1.807, 2.05) is 102 Å². The van der Waals surface area contributed by atoms with Crippen molar-refractivity contribution in [3.8, 4) is 0 Å². The zero-order valence-corrected chi connectivity index (χ0v) is 76.2. The minimum atomic E-state index is -1.56. The van der Waals surface area contributed by atoms with Crippen molar-refractivity contribution in [2.24, 2.45) is 41.2 Å². The molecule has 3 aromatic rings. The van der Waals surface area contributed by atoms with Crippen LogP contribution in [0.5, 0.6) is 0 Å². The zero-order chi connectivity index (χ0) is 93.0. The molecule has 1 unspecified atom stereocenters. The Kier molecular flexibility index (Phi) is 44.2. The first-order valence-electron chi connectivity index (χ1n) is 44.7. The number of thioether (sulfide) groups is 1. The van der Waals surface area contributed by atoms with E-state index in [1.165, 1.54) is 24.0 Å². The van der Waals surface area contributed by atoms with Gasteiger partial charge in [0.25, 0.3) is 0 Å². The lowest BCUT2D eigenvalue weighted by Crippen LogP contribution is -2.60. The first-order valence-corrected chi connectivity index (χ1v) is 45.7. The number of nitrogens with two attached hydrogens (primary N) is 1. The minimum absolute atomic E-state index is 0.0464. The number of carboxylic acids is 3. The molecule has 3 fully saturated rings. The van der Waals surface area contributed by atoms with E-state index < -0.39 is 150 Å². The largest absolute Gasteiger partial charge is 0.481 e. The standard InChI is InChI=1S/C91H139N13O21S/c1-13-56(6)79(70(124-11)50-74(107)103-47-27-33-69(103)81(125-12)57(7)82(112)96-58(8)80(111)62-29-17-14-18-30-62)102(10)88(118)77(54(2)3)100-86(116)78(55(4)5)101(9)73(106)35-20-16-26-46-104-75(108)51-71(87(104)117)126-53-65(92)84(114)93-44-24-15-19-34-72(105)95-52-59-36-40-63(41-37-59)83(113)97-68(49-60-38-39-61-28-21-22-31-64(61)48-60)85(115)94-45-25-23-32-66(89(119)120)98-91(123)99-67(90(121)122)42-43-76(109)110/h14,17-18,21-22,28-31,38-39,48,54-59,63,65-71,77-81,111H,13,15-16,19-20,23-27,32-37,40-47,49-53,92H2,1-12H3,(H,93,114)(H,94,115)(H,95,105)(H,96,112)(H,97,113)(H,100,116)(H,109,110)(H,119,120)(H,121,122)(H2,98,99,123)/t56-,57+,58+,59?,63?,65-,66-,67-,68-,69-,70+,71?,77-,78-,79-,80+,81+/m0/s1. The summed E-state index contributed by atoms with van der Waals surface area (Å²) in [6, 6.07) is 13.0. The molecule has 0 spiro atoms. The number of benzene rings is 3. The predicted molar refractivity (Wildman–Crippen MR) is 475 cm³/mol. The summed E-state index contributed by atoms with van der Waals surface area (Å²) in [5, 5.41) is 62.2. The summed E-state index contributed by atoms with van der Waals surface area (Å²) >= 11 is 1.15. The number of fused-ring (bicyclic) bond motifs is 1. The molecule has 3 aromatic carbocycles. The van der Waals surface area contributed by atoms with Crippen LogP contribution in [0.1, 0.15) is 214 Å². The maximum Gasteiger partial charge on any atom is 0.326 e. The fraction of sp³-hybridized carbons (Fsp3) is 0.659. The number of aliphatic hydroxyl groups excluding tert-OH is 1. The van der Waals surface area contributed by atoms with Crippen LogP contribution in [0.2, 0.25) is 0 Å². The van der Waals surface area contributed by atoms with E-state index in [2.05, 4.69) is 42.5 Å². The van der Waals surface area contributed by atoms with E-state index in [1.54, 1.807) is 49.9 Å². The van der Waals surface area contributed by atoms with Crippen LogP contribution >= 0.6 is 11.8 Å². The number of methoxy groups -OCH3 is 2. The number of carboxylic acid groups (broad SMARTS) is 3. The summed E-state index contributed by atoms with van der Waals surface area (Å²) in [4.78, 5) is 205. The second kappa shape index (κ2) is 53.1. The van der Waals surface area contributed by atoms with Crippen LogP contribution in [0.25, 0.3) is 10.8 Å². The molecule has 0 bridgehead atoms. The maximum absolute atomic E-state index is 14.8. The molecule has 0 radical (unpaired) electrons. The lowest BCUT2D eigenvalue weighted by atomic mass is 9.81. The molecular weight excluding hydrogens is 1640 g/mol. The average molecular weight is 1780 g/mol. The number of urea groups is 1. The summed E-state index contributed by atoms with van der Waals surface area (Å²) < 4.78 is 12.1. The summed E-state index contributed by atoms with van der Waals surface area (Å²) in [6.07, 6.45) is 4.96. The number of unbranched alkanes of at least 4 members (excludes halogenated alkanes) is 5. The molecule has 35 heteroatoms. The van der Waals surface area contributed by atoms with Gasteiger partial charge in [0.15, 0.2) is 0 Å². The predicted octanol–water partition coefficient (Wildman–Crippen LogP) is 6.35. The number of ether oxygens (including phenoxy) is 2. The Balaban J connectivity index is 0.854. The van der Waals surface area contributed by atoms with E-state index in [4.69, 9.17) is 20.3 Å². The van der Waals surface area contributed by atoms with Gasteiger partial charge in [0.2, 0.25) is 65.0 Å². The van der Waals surface area contributed by atoms with Crippen molar-refractivity contribution in [2.75, 3.05) is 66.8 Å². The third-order valence-electron chi connectivity index (χ3n) is 24.6. The number of carbonyl (C=O) groups excluding carboxylic acids is 12. The molecule has 14 N–H and O–H groups in total. The Morgan fingerprint density at radius 3 is 1.88 bits per heavy atom. The van der Waals surface area contributed by atoms with Gasteiger partial charge < -0.3 is 92.9 Å². The number of nitrogens with one attached hydrogen (secondary N) is 8. The number of likely N-dealkylation sites (N-methyl/N-ethyl adjacent to an activating group) is 2. The average Bonchev–Trinajstić information content (AvgIpc) is 1.63. The number of likely N-dealkylation sites (tertiary alicyclic amines) is 2. The number of aliphatic carboxylic acids is 3. The first kappa shape index (κ1) is 105. The van der Waals surface area contributed by atoms with E-state index in [0.717, 1.165) is 28.1 Å². The number of carbonyl (C=O) groups is 15. The Bertz CT molecular complexity index is 4120. The Hall–Kier alpha value is -9.84. The van der Waals surface area contributed by atoms with Crippen LogP contribution in [0, 0.1) is 35.5 Å². The van der Waals surface area contributed by atoms with Gasteiger partial charge in [-0.2, -0.15) is 0 Å². The molecule has 700 valence electrons. The quantitative estimate of drug-likeness (QED) is 0.0216. The molecular formula is C91H139N13O21S. The molecule has 1 saturated carbocycles. The van der Waals surface area contributed by atoms with E-state index in [-0.39, 0.29) is 129 Å². The number of rotatable bonds is 55. The van der Waals surface area contributed by atoms with Gasteiger partial charge in [-0.1, -0.05) is 141 Å². The highest BCUT2D eigenvalue weighted by Crippen LogP contribution is 2.33. The molecule has 2 heterocycles. The van der Waals surface area contributed by atoms with E-state index in [0.29, 0.717) is 115 Å². The second-order valence-electron chi connectivity index (χ2n) is 34.7. The third kappa shape index (κ3) is 32.5. The van der Waals surface area contributed by atoms with Gasteiger partial charge in [0, 0.05) is 105 Å². The van der Waals surface area contributed by atoms with Crippen LogP contribution < -0.4 is 48.3 Å². The normalized spacial score (nSPS) is 19.0. The lowest BCUT2D eigenvalue weighted by Gasteiger charge is -2.41. The summed E-state index contributed by atoms with van der Waals surface area (Å²) in [5.41, 5.74) is 7.73. The van der Waals surface area contributed by atoms with Crippen LogP contribution in [0.3, 0.4) is 0 Å². The highest BCUT2D eigenvalue weighted by molar-refractivity contribution is 8.00. The van der Waals surface area contributed by atoms with Crippen LogP contribution in [0.15, 0.2) is 72.8 Å². The monoisotopic (exact) mass is 1780 g/mol. The number of imide groups is 1. The van der Waals surface area contributed by atoms with Crippen molar-refractivity contribution in [1.29, 1.82) is 0 Å². The second-order valence-corrected chi connectivity index (χ2v) is 35.9. The van der Waals surface area contributed by atoms with Crippen molar-refractivity contribution < 1.29 is 102 Å². The molecule has 13 amide bonds. The van der Waals surface area contributed by atoms with Crippen LogP contribution in [0.4, 0.5) is 4.79 Å². The molecule has 0 aromatic heterocycles. The van der Waals surface area contributed by atoms with E-state index in [9.17, 15) is 87.2 Å².